The number of nitrogens with zero attached hydrogens (tertiary/aromatic N) is 2. The molecule has 0 atom stereocenters. The molecule has 0 aliphatic carbocycles. The minimum absolute atomic E-state index is 0.328. The van der Waals surface area contributed by atoms with Crippen LogP contribution in [0.25, 0.3) is 0 Å². The molecule has 6 nitrogen and oxygen atoms in total. The summed E-state index contributed by atoms with van der Waals surface area (Å²) in [5.41, 5.74) is 1.57. The number of benzene rings is 2. The molecule has 0 aliphatic heterocycles. The number of hydrogen-bond acceptors (Lipinski definition) is 6. The summed E-state index contributed by atoms with van der Waals surface area (Å²) in [5, 5.41) is 6.92. The van der Waals surface area contributed by atoms with Crippen molar-refractivity contribution >= 4 is 52.3 Å². The van der Waals surface area contributed by atoms with E-state index in [9.17, 15) is 4.79 Å². The molecule has 0 aliphatic rings. The minimum atomic E-state index is -0.439. The third-order valence-electron chi connectivity index (χ3n) is 3.45. The number of esters is 1. The molecule has 8 heteroatoms. The molecule has 0 saturated carbocycles. The summed E-state index contributed by atoms with van der Waals surface area (Å²) in [6.45, 7) is 0. The maximum Gasteiger partial charge on any atom is 0.339 e. The standard InChI is InChI=1S/C18H14Cl2N4O2/c1-26-17(25)11-5-2-3-7-13(11)22-15-9-10-21-18(24-15)23-14-8-4-6-12(19)16(14)20/h2-10H,1H3,(H2,21,22,23,24). The van der Waals surface area contributed by atoms with Gasteiger partial charge in [-0.15, -0.1) is 0 Å². The molecule has 26 heavy (non-hydrogen) atoms. The SMILES string of the molecule is COC(=O)c1ccccc1Nc1ccnc(Nc2cccc(Cl)c2Cl)n1. The Hall–Kier alpha value is -2.83. The van der Waals surface area contributed by atoms with Gasteiger partial charge >= 0.3 is 5.97 Å². The van der Waals surface area contributed by atoms with Crippen molar-refractivity contribution < 1.29 is 9.53 Å². The molecule has 2 aromatic carbocycles. The summed E-state index contributed by atoms with van der Waals surface area (Å²) in [7, 11) is 1.33. The van der Waals surface area contributed by atoms with E-state index < -0.39 is 5.97 Å². The Labute approximate surface area is 160 Å². The molecule has 0 saturated heterocycles. The van der Waals surface area contributed by atoms with Crippen LogP contribution in [0.5, 0.6) is 0 Å². The first kappa shape index (κ1) is 18.0. The van der Waals surface area contributed by atoms with Crippen molar-refractivity contribution in [3.05, 3.63) is 70.3 Å². The molecule has 3 aromatic rings. The Bertz CT molecular complexity index is 950. The molecular weight excluding hydrogens is 375 g/mol. The van der Waals surface area contributed by atoms with Gasteiger partial charge < -0.3 is 15.4 Å². The smallest absolute Gasteiger partial charge is 0.339 e. The van der Waals surface area contributed by atoms with Crippen LogP contribution in [0.2, 0.25) is 10.0 Å². The predicted octanol–water partition coefficient (Wildman–Crippen LogP) is 5.06. The number of methoxy groups -OCH3 is 1. The molecule has 0 amide bonds. The van der Waals surface area contributed by atoms with Crippen LogP contribution in [0.4, 0.5) is 23.1 Å². The van der Waals surface area contributed by atoms with Gasteiger partial charge in [-0.05, 0) is 30.3 Å². The van der Waals surface area contributed by atoms with Crippen molar-refractivity contribution in [1.29, 1.82) is 0 Å². The number of anilines is 4. The molecule has 0 unspecified atom stereocenters. The van der Waals surface area contributed by atoms with Gasteiger partial charge in [-0.1, -0.05) is 41.4 Å². The van der Waals surface area contributed by atoms with E-state index in [1.807, 2.05) is 0 Å². The Balaban J connectivity index is 1.85. The number of nitrogens with one attached hydrogen (secondary N) is 2. The number of para-hydroxylation sites is 1. The molecule has 0 radical (unpaired) electrons. The fourth-order valence-electron chi connectivity index (χ4n) is 2.23. The summed E-state index contributed by atoms with van der Waals surface area (Å²) in [6.07, 6.45) is 1.58. The number of hydrogen-bond donors (Lipinski definition) is 2. The van der Waals surface area contributed by atoms with Crippen LogP contribution < -0.4 is 10.6 Å². The Kier molecular flexibility index (Phi) is 5.55. The molecule has 2 N–H and O–H groups in total. The summed E-state index contributed by atoms with van der Waals surface area (Å²) < 4.78 is 4.79. The van der Waals surface area contributed by atoms with Crippen LogP contribution >= 0.6 is 23.2 Å². The van der Waals surface area contributed by atoms with Crippen LogP contribution in [-0.4, -0.2) is 23.0 Å². The highest BCUT2D eigenvalue weighted by molar-refractivity contribution is 6.43. The average Bonchev–Trinajstić information content (AvgIpc) is 2.66. The lowest BCUT2D eigenvalue weighted by atomic mass is 10.2. The third-order valence-corrected chi connectivity index (χ3v) is 4.27. The molecule has 1 heterocycles. The molecule has 3 rings (SSSR count). The highest BCUT2D eigenvalue weighted by Crippen LogP contribution is 2.31. The van der Waals surface area contributed by atoms with E-state index in [0.717, 1.165) is 0 Å². The predicted molar refractivity (Wildman–Crippen MR) is 103 cm³/mol. The van der Waals surface area contributed by atoms with Gasteiger partial charge in [-0.2, -0.15) is 4.98 Å². The normalized spacial score (nSPS) is 10.3. The number of ether oxygens (including phenoxy) is 1. The van der Waals surface area contributed by atoms with Crippen molar-refractivity contribution in [3.8, 4) is 0 Å². The van der Waals surface area contributed by atoms with Crippen molar-refractivity contribution in [2.24, 2.45) is 0 Å². The fraction of sp³-hybridized carbons (Fsp3) is 0.0556. The molecule has 1 aromatic heterocycles. The van der Waals surface area contributed by atoms with Gasteiger partial charge in [0.2, 0.25) is 5.95 Å². The van der Waals surface area contributed by atoms with Crippen LogP contribution in [0.1, 0.15) is 10.4 Å². The first-order valence-corrected chi connectivity index (χ1v) is 8.32. The quantitative estimate of drug-likeness (QED) is 0.595. The minimum Gasteiger partial charge on any atom is -0.465 e. The third kappa shape index (κ3) is 4.04. The van der Waals surface area contributed by atoms with Crippen molar-refractivity contribution in [2.75, 3.05) is 17.7 Å². The van der Waals surface area contributed by atoms with E-state index in [0.29, 0.717) is 38.7 Å². The van der Waals surface area contributed by atoms with E-state index in [-0.39, 0.29) is 0 Å². The Morgan fingerprint density at radius 3 is 2.58 bits per heavy atom. The monoisotopic (exact) mass is 388 g/mol. The first-order valence-electron chi connectivity index (χ1n) is 7.57. The molecular formula is C18H14Cl2N4O2. The molecule has 0 spiro atoms. The zero-order chi connectivity index (χ0) is 18.5. The fourth-order valence-corrected chi connectivity index (χ4v) is 2.58. The van der Waals surface area contributed by atoms with Gasteiger partial charge in [0.15, 0.2) is 0 Å². The van der Waals surface area contributed by atoms with Crippen LogP contribution in [-0.2, 0) is 4.74 Å². The van der Waals surface area contributed by atoms with Crippen molar-refractivity contribution in [1.82, 2.24) is 9.97 Å². The van der Waals surface area contributed by atoms with E-state index in [1.54, 1.807) is 54.7 Å². The van der Waals surface area contributed by atoms with Gasteiger partial charge in [0.25, 0.3) is 0 Å². The van der Waals surface area contributed by atoms with Crippen molar-refractivity contribution in [3.63, 3.8) is 0 Å². The summed E-state index contributed by atoms with van der Waals surface area (Å²) in [5.74, 6) is 0.387. The zero-order valence-corrected chi connectivity index (χ0v) is 15.2. The summed E-state index contributed by atoms with van der Waals surface area (Å²) in [4.78, 5) is 20.4. The van der Waals surface area contributed by atoms with Gasteiger partial charge in [0.1, 0.15) is 5.82 Å². The Morgan fingerprint density at radius 1 is 1.00 bits per heavy atom. The van der Waals surface area contributed by atoms with Gasteiger partial charge in [0, 0.05) is 6.20 Å². The second kappa shape index (κ2) is 8.03. The second-order valence-electron chi connectivity index (χ2n) is 5.15. The lowest BCUT2D eigenvalue weighted by Crippen LogP contribution is -2.06. The van der Waals surface area contributed by atoms with Crippen LogP contribution in [0.3, 0.4) is 0 Å². The maximum atomic E-state index is 11.9. The van der Waals surface area contributed by atoms with E-state index in [2.05, 4.69) is 20.6 Å². The highest BCUT2D eigenvalue weighted by atomic mass is 35.5. The van der Waals surface area contributed by atoms with E-state index >= 15 is 0 Å². The topological polar surface area (TPSA) is 76.1 Å². The average molecular weight is 389 g/mol. The Morgan fingerprint density at radius 2 is 1.77 bits per heavy atom. The maximum absolute atomic E-state index is 11.9. The molecule has 0 bridgehead atoms. The van der Waals surface area contributed by atoms with Gasteiger partial charge in [-0.25, -0.2) is 9.78 Å². The lowest BCUT2D eigenvalue weighted by molar-refractivity contribution is 0.0602. The second-order valence-corrected chi connectivity index (χ2v) is 5.94. The van der Waals surface area contributed by atoms with E-state index in [1.165, 1.54) is 7.11 Å². The molecule has 132 valence electrons. The van der Waals surface area contributed by atoms with E-state index in [4.69, 9.17) is 27.9 Å². The summed E-state index contributed by atoms with van der Waals surface area (Å²) in [6, 6.07) is 13.9. The van der Waals surface area contributed by atoms with Crippen LogP contribution in [0.15, 0.2) is 54.7 Å². The summed E-state index contributed by atoms with van der Waals surface area (Å²) >= 11 is 12.2. The zero-order valence-electron chi connectivity index (χ0n) is 13.7. The van der Waals surface area contributed by atoms with Crippen molar-refractivity contribution in [2.45, 2.75) is 0 Å². The lowest BCUT2D eigenvalue weighted by Gasteiger charge is -2.12. The van der Waals surface area contributed by atoms with Gasteiger partial charge in [-0.3, -0.25) is 0 Å². The van der Waals surface area contributed by atoms with Gasteiger partial charge in [0.05, 0.1) is 34.1 Å². The number of halogens is 2. The largest absolute Gasteiger partial charge is 0.465 e. The molecule has 0 fully saturated rings. The number of rotatable bonds is 5. The number of carbonyl (C=O) groups excluding carboxylic acids is 1. The highest BCUT2D eigenvalue weighted by Gasteiger charge is 2.12. The van der Waals surface area contributed by atoms with Crippen LogP contribution in [0, 0.1) is 0 Å². The number of aromatic nitrogens is 2. The number of carbonyl (C=O) groups is 1. The first-order chi connectivity index (χ1) is 12.6.